The highest BCUT2D eigenvalue weighted by molar-refractivity contribution is 6.09. The third-order valence-electron chi connectivity index (χ3n) is 2.20. The van der Waals surface area contributed by atoms with E-state index in [-0.39, 0.29) is 5.69 Å². The van der Waals surface area contributed by atoms with Crippen molar-refractivity contribution < 1.29 is 4.92 Å². The van der Waals surface area contributed by atoms with Crippen LogP contribution in [0.15, 0.2) is 48.0 Å². The molecule has 0 heterocycles. The number of aliphatic imine (C=N–C) groups is 1. The molecule has 0 aliphatic rings. The van der Waals surface area contributed by atoms with Crippen LogP contribution >= 0.6 is 0 Å². The van der Waals surface area contributed by atoms with Crippen molar-refractivity contribution in [3.63, 3.8) is 0 Å². The van der Waals surface area contributed by atoms with Crippen molar-refractivity contribution in [1.82, 2.24) is 0 Å². The second-order valence-electron chi connectivity index (χ2n) is 3.48. The van der Waals surface area contributed by atoms with Crippen molar-refractivity contribution in [2.75, 3.05) is 12.8 Å². The van der Waals surface area contributed by atoms with Gasteiger partial charge in [0.25, 0.3) is 5.69 Å². The minimum Gasteiger partial charge on any atom is -0.398 e. The van der Waals surface area contributed by atoms with Crippen molar-refractivity contribution in [1.29, 1.82) is 0 Å². The van der Waals surface area contributed by atoms with Crippen LogP contribution in [0.5, 0.6) is 0 Å². The van der Waals surface area contributed by atoms with Crippen LogP contribution in [0.3, 0.4) is 0 Å². The molecule has 2 N–H and O–H groups in total. The third kappa shape index (κ3) is 4.13. The van der Waals surface area contributed by atoms with E-state index in [1.807, 2.05) is 0 Å². The first-order chi connectivity index (χ1) is 9.08. The Bertz CT molecular complexity index is 619. The molecule has 96 valence electrons. The average Bonchev–Trinajstić information content (AvgIpc) is 2.40. The largest absolute Gasteiger partial charge is 0.398 e. The van der Waals surface area contributed by atoms with Gasteiger partial charge in [-0.3, -0.25) is 15.1 Å². The summed E-state index contributed by atoms with van der Waals surface area (Å²) in [4.78, 5) is 14.1. The normalized spacial score (nSPS) is 10.9. The first-order valence-corrected chi connectivity index (χ1v) is 5.40. The van der Waals surface area contributed by atoms with E-state index in [0.29, 0.717) is 17.0 Å². The second kappa shape index (κ2) is 6.77. The Morgan fingerprint density at radius 3 is 2.89 bits per heavy atom. The lowest BCUT2D eigenvalue weighted by molar-refractivity contribution is -0.384. The van der Waals surface area contributed by atoms with Crippen LogP contribution in [0.4, 0.5) is 11.4 Å². The summed E-state index contributed by atoms with van der Waals surface area (Å²) in [7, 11) is 1.61. The van der Waals surface area contributed by atoms with Gasteiger partial charge in [0.2, 0.25) is 0 Å². The van der Waals surface area contributed by atoms with Crippen molar-refractivity contribution in [2.45, 2.75) is 0 Å². The lowest BCUT2D eigenvalue weighted by Crippen LogP contribution is -1.95. The number of nitro benzene ring substituents is 1. The predicted octanol–water partition coefficient (Wildman–Crippen LogP) is 2.34. The molecule has 0 aliphatic carbocycles. The standard InChI is InChI=1S/C14H13N3O2/c1-3-4-5-12(16-2)7-6-11-10-13(17(18)19)8-9-14(11)15/h3-5,8-10H,1,15H2,2H3/b5-4-,16-12?. The van der Waals surface area contributed by atoms with Gasteiger partial charge in [-0.2, -0.15) is 0 Å². The zero-order chi connectivity index (χ0) is 14.3. The first-order valence-electron chi connectivity index (χ1n) is 5.40. The van der Waals surface area contributed by atoms with E-state index < -0.39 is 4.92 Å². The van der Waals surface area contributed by atoms with Gasteiger partial charge in [0.05, 0.1) is 10.5 Å². The molecule has 0 spiro atoms. The molecule has 0 aromatic heterocycles. The van der Waals surface area contributed by atoms with Crippen molar-refractivity contribution in [2.24, 2.45) is 4.99 Å². The molecule has 5 nitrogen and oxygen atoms in total. The fourth-order valence-electron chi connectivity index (χ4n) is 1.23. The number of nitrogens with two attached hydrogens (primary N) is 1. The summed E-state index contributed by atoms with van der Waals surface area (Å²) in [6.07, 6.45) is 5.00. The molecule has 0 fully saturated rings. The monoisotopic (exact) mass is 255 g/mol. The maximum absolute atomic E-state index is 10.7. The lowest BCUT2D eigenvalue weighted by atomic mass is 10.1. The van der Waals surface area contributed by atoms with Gasteiger partial charge in [0.15, 0.2) is 0 Å². The van der Waals surface area contributed by atoms with E-state index in [9.17, 15) is 10.1 Å². The van der Waals surface area contributed by atoms with Crippen molar-refractivity contribution >= 4 is 17.1 Å². The van der Waals surface area contributed by atoms with E-state index in [0.717, 1.165) is 0 Å². The molecule has 1 aromatic rings. The predicted molar refractivity (Wildman–Crippen MR) is 77.1 cm³/mol. The topological polar surface area (TPSA) is 81.5 Å². The average molecular weight is 255 g/mol. The number of non-ortho nitro benzene ring substituents is 1. The molecule has 0 bridgehead atoms. The van der Waals surface area contributed by atoms with Gasteiger partial charge in [-0.15, -0.1) is 0 Å². The molecule has 1 rings (SSSR count). The van der Waals surface area contributed by atoms with E-state index >= 15 is 0 Å². The summed E-state index contributed by atoms with van der Waals surface area (Å²) in [6.45, 7) is 3.55. The summed E-state index contributed by atoms with van der Waals surface area (Å²) in [5.41, 5.74) is 7.00. The summed E-state index contributed by atoms with van der Waals surface area (Å²) in [5, 5.41) is 10.7. The molecule has 0 unspecified atom stereocenters. The van der Waals surface area contributed by atoms with Crippen LogP contribution in [-0.4, -0.2) is 17.7 Å². The summed E-state index contributed by atoms with van der Waals surface area (Å²) in [6, 6.07) is 4.14. The van der Waals surface area contributed by atoms with E-state index in [2.05, 4.69) is 23.4 Å². The minimum atomic E-state index is -0.489. The number of rotatable bonds is 3. The number of benzene rings is 1. The molecule has 0 aliphatic heterocycles. The molecule has 0 atom stereocenters. The van der Waals surface area contributed by atoms with Crippen molar-refractivity contribution in [3.8, 4) is 11.8 Å². The second-order valence-corrected chi connectivity index (χ2v) is 3.48. The summed E-state index contributed by atoms with van der Waals surface area (Å²) >= 11 is 0. The van der Waals surface area contributed by atoms with Crippen LogP contribution in [0.1, 0.15) is 5.56 Å². The SMILES string of the molecule is C=C/C=C\C(C#Cc1cc([N+](=O)[O-])ccc1N)=NC. The third-order valence-corrected chi connectivity index (χ3v) is 2.20. The molecule has 5 heteroatoms. The number of hydrogen-bond donors (Lipinski definition) is 1. The van der Waals surface area contributed by atoms with Crippen molar-refractivity contribution in [3.05, 3.63) is 58.7 Å². The smallest absolute Gasteiger partial charge is 0.270 e. The van der Waals surface area contributed by atoms with Crippen LogP contribution in [-0.2, 0) is 0 Å². The van der Waals surface area contributed by atoms with Crippen LogP contribution in [0.25, 0.3) is 0 Å². The summed E-state index contributed by atoms with van der Waals surface area (Å²) < 4.78 is 0. The zero-order valence-electron chi connectivity index (χ0n) is 10.5. The highest BCUT2D eigenvalue weighted by atomic mass is 16.6. The number of nitro groups is 1. The van der Waals surface area contributed by atoms with Gasteiger partial charge in [0, 0.05) is 24.9 Å². The number of anilines is 1. The molecule has 0 amide bonds. The fraction of sp³-hybridized carbons (Fsp3) is 0.0714. The molecule has 19 heavy (non-hydrogen) atoms. The van der Waals surface area contributed by atoms with Gasteiger partial charge in [0.1, 0.15) is 5.71 Å². The lowest BCUT2D eigenvalue weighted by Gasteiger charge is -1.97. The van der Waals surface area contributed by atoms with Crippen LogP contribution in [0, 0.1) is 22.0 Å². The van der Waals surface area contributed by atoms with E-state index in [4.69, 9.17) is 5.73 Å². The minimum absolute atomic E-state index is 0.0462. The van der Waals surface area contributed by atoms with Gasteiger partial charge >= 0.3 is 0 Å². The summed E-state index contributed by atoms with van der Waals surface area (Å²) in [5.74, 6) is 5.56. The fourth-order valence-corrected chi connectivity index (χ4v) is 1.23. The number of nitrogens with zero attached hydrogens (tertiary/aromatic N) is 2. The Morgan fingerprint density at radius 2 is 2.32 bits per heavy atom. The Labute approximate surface area is 111 Å². The quantitative estimate of drug-likeness (QED) is 0.225. The van der Waals surface area contributed by atoms with E-state index in [1.54, 1.807) is 25.3 Å². The van der Waals surface area contributed by atoms with Gasteiger partial charge in [-0.05, 0) is 18.1 Å². The Hall–Kier alpha value is -2.87. The highest BCUT2D eigenvalue weighted by Gasteiger charge is 2.07. The molecule has 1 aromatic carbocycles. The van der Waals surface area contributed by atoms with Gasteiger partial charge < -0.3 is 5.73 Å². The number of nitrogen functional groups attached to an aromatic ring is 1. The highest BCUT2D eigenvalue weighted by Crippen LogP contribution is 2.18. The Kier molecular flexibility index (Phi) is 5.05. The molecular formula is C14H13N3O2. The Morgan fingerprint density at radius 1 is 1.58 bits per heavy atom. The van der Waals surface area contributed by atoms with Crippen LogP contribution in [0.2, 0.25) is 0 Å². The molecule has 0 radical (unpaired) electrons. The maximum atomic E-state index is 10.7. The maximum Gasteiger partial charge on any atom is 0.270 e. The molecule has 0 saturated carbocycles. The van der Waals surface area contributed by atoms with Gasteiger partial charge in [-0.25, -0.2) is 0 Å². The Balaban J connectivity index is 3.12. The number of hydrogen-bond acceptors (Lipinski definition) is 4. The molecular weight excluding hydrogens is 242 g/mol. The zero-order valence-corrected chi connectivity index (χ0v) is 10.5. The van der Waals surface area contributed by atoms with Gasteiger partial charge in [-0.1, -0.05) is 24.7 Å². The van der Waals surface area contributed by atoms with Crippen LogP contribution < -0.4 is 5.73 Å². The first kappa shape index (κ1) is 14.2. The van der Waals surface area contributed by atoms with E-state index in [1.165, 1.54) is 18.2 Å². The molecule has 0 saturated heterocycles. The number of allylic oxidation sites excluding steroid dienone is 3.